The van der Waals surface area contributed by atoms with Gasteiger partial charge in [0.05, 0.1) is 28.4 Å². The molecule has 0 bridgehead atoms. The van der Waals surface area contributed by atoms with Crippen molar-refractivity contribution in [1.29, 1.82) is 0 Å². The lowest BCUT2D eigenvalue weighted by atomic mass is 9.95. The van der Waals surface area contributed by atoms with Crippen LogP contribution in [0.4, 0.5) is 5.13 Å². The molecule has 8 heteroatoms. The quantitative estimate of drug-likeness (QED) is 0.178. The summed E-state index contributed by atoms with van der Waals surface area (Å²) in [5.41, 5.74) is 2.95. The first kappa shape index (κ1) is 24.0. The lowest BCUT2D eigenvalue weighted by Crippen LogP contribution is -2.29. The van der Waals surface area contributed by atoms with Gasteiger partial charge in [0.25, 0.3) is 5.78 Å². The summed E-state index contributed by atoms with van der Waals surface area (Å²) in [6.45, 7) is 4.46. The van der Waals surface area contributed by atoms with E-state index in [2.05, 4.69) is 11.9 Å². The highest BCUT2D eigenvalue weighted by Crippen LogP contribution is 2.44. The first-order chi connectivity index (χ1) is 17.4. The van der Waals surface area contributed by atoms with E-state index in [0.717, 1.165) is 22.2 Å². The molecule has 0 radical (unpaired) electrons. The molecule has 1 saturated heterocycles. The van der Waals surface area contributed by atoms with Gasteiger partial charge in [-0.1, -0.05) is 48.1 Å². The van der Waals surface area contributed by atoms with Gasteiger partial charge < -0.3 is 9.84 Å². The smallest absolute Gasteiger partial charge is 0.301 e. The molecule has 0 aliphatic carbocycles. The minimum absolute atomic E-state index is 0.0000133. The maximum atomic E-state index is 13.4. The van der Waals surface area contributed by atoms with Gasteiger partial charge in [0.15, 0.2) is 5.13 Å². The molecule has 0 spiro atoms. The number of aliphatic hydroxyl groups excluding tert-OH is 1. The zero-order valence-corrected chi connectivity index (χ0v) is 21.3. The topological polar surface area (TPSA) is 79.7 Å². The van der Waals surface area contributed by atoms with Crippen molar-refractivity contribution in [3.8, 4) is 5.75 Å². The number of ketones is 1. The van der Waals surface area contributed by atoms with Crippen LogP contribution in [0.1, 0.15) is 36.6 Å². The number of benzene rings is 3. The van der Waals surface area contributed by atoms with Crippen LogP contribution in [0.2, 0.25) is 5.02 Å². The molecular formula is C28H23ClN2O4S. The van der Waals surface area contributed by atoms with Crippen molar-refractivity contribution in [2.24, 2.45) is 0 Å². The molecule has 1 aromatic heterocycles. The van der Waals surface area contributed by atoms with Crippen LogP contribution in [0.5, 0.6) is 5.75 Å². The molecule has 1 aliphatic heterocycles. The maximum Gasteiger partial charge on any atom is 0.301 e. The molecule has 5 rings (SSSR count). The number of aryl methyl sites for hydroxylation is 1. The summed E-state index contributed by atoms with van der Waals surface area (Å²) in [5, 5.41) is 12.2. The molecule has 36 heavy (non-hydrogen) atoms. The Morgan fingerprint density at radius 3 is 2.44 bits per heavy atom. The van der Waals surface area contributed by atoms with E-state index in [4.69, 9.17) is 16.3 Å². The monoisotopic (exact) mass is 518 g/mol. The third-order valence-corrected chi connectivity index (χ3v) is 7.39. The minimum Gasteiger partial charge on any atom is -0.507 e. The fourth-order valence-electron chi connectivity index (χ4n) is 4.30. The van der Waals surface area contributed by atoms with Gasteiger partial charge in [-0.15, -0.1) is 0 Å². The molecule has 6 nitrogen and oxygen atoms in total. The summed E-state index contributed by atoms with van der Waals surface area (Å²) in [4.78, 5) is 32.8. The number of carbonyl (C=O) groups is 2. The molecular weight excluding hydrogens is 496 g/mol. The SMILES string of the molecule is CCOc1ccc(/C(O)=C2\C(=O)C(=O)N(c3nc4ccc(CC)cc4s3)C2c2ccc(Cl)cc2)cc1. The van der Waals surface area contributed by atoms with Crippen molar-refractivity contribution >= 4 is 55.7 Å². The summed E-state index contributed by atoms with van der Waals surface area (Å²) in [6, 6.07) is 18.7. The number of nitrogens with zero attached hydrogens (tertiary/aromatic N) is 2. The molecule has 4 aromatic rings. The normalized spacial score (nSPS) is 17.2. The molecule has 1 fully saturated rings. The third-order valence-electron chi connectivity index (χ3n) is 6.12. The van der Waals surface area contributed by atoms with Gasteiger partial charge in [-0.2, -0.15) is 0 Å². The second kappa shape index (κ2) is 9.76. The number of halogens is 1. The Bertz CT molecular complexity index is 1490. The van der Waals surface area contributed by atoms with E-state index in [1.807, 2.05) is 25.1 Å². The largest absolute Gasteiger partial charge is 0.507 e. The van der Waals surface area contributed by atoms with Crippen molar-refractivity contribution in [2.45, 2.75) is 26.3 Å². The van der Waals surface area contributed by atoms with Crippen LogP contribution in [-0.4, -0.2) is 28.4 Å². The molecule has 0 saturated carbocycles. The van der Waals surface area contributed by atoms with Crippen molar-refractivity contribution < 1.29 is 19.4 Å². The summed E-state index contributed by atoms with van der Waals surface area (Å²) < 4.78 is 6.40. The first-order valence-corrected chi connectivity index (χ1v) is 12.8. The molecule has 182 valence electrons. The number of hydrogen-bond acceptors (Lipinski definition) is 6. The molecule has 1 aliphatic rings. The number of aromatic nitrogens is 1. The second-order valence-electron chi connectivity index (χ2n) is 8.33. The Balaban J connectivity index is 1.67. The highest BCUT2D eigenvalue weighted by Gasteiger charge is 2.48. The van der Waals surface area contributed by atoms with E-state index >= 15 is 0 Å². The predicted molar refractivity (Wildman–Crippen MR) is 143 cm³/mol. The number of carbonyl (C=O) groups excluding carboxylic acids is 2. The zero-order valence-electron chi connectivity index (χ0n) is 19.7. The fourth-order valence-corrected chi connectivity index (χ4v) is 5.48. The molecule has 1 N–H and O–H groups in total. The van der Waals surface area contributed by atoms with Gasteiger partial charge in [0, 0.05) is 10.6 Å². The minimum atomic E-state index is -0.861. The summed E-state index contributed by atoms with van der Waals surface area (Å²) in [5.74, 6) is -1.12. The Labute approximate surface area is 217 Å². The van der Waals surface area contributed by atoms with Crippen LogP contribution in [0.3, 0.4) is 0 Å². The van der Waals surface area contributed by atoms with Crippen LogP contribution >= 0.6 is 22.9 Å². The van der Waals surface area contributed by atoms with Crippen molar-refractivity contribution in [1.82, 2.24) is 4.98 Å². The van der Waals surface area contributed by atoms with Crippen LogP contribution in [0, 0.1) is 0 Å². The van der Waals surface area contributed by atoms with E-state index in [-0.39, 0.29) is 11.3 Å². The van der Waals surface area contributed by atoms with E-state index in [1.165, 1.54) is 16.2 Å². The van der Waals surface area contributed by atoms with Gasteiger partial charge in [0.2, 0.25) is 0 Å². The number of thiazole rings is 1. The predicted octanol–water partition coefficient (Wildman–Crippen LogP) is 6.54. The van der Waals surface area contributed by atoms with Gasteiger partial charge in [0.1, 0.15) is 11.5 Å². The molecule has 1 amide bonds. The van der Waals surface area contributed by atoms with Crippen LogP contribution in [0.25, 0.3) is 16.0 Å². The number of fused-ring (bicyclic) bond motifs is 1. The number of aliphatic hydroxyl groups is 1. The Morgan fingerprint density at radius 2 is 1.78 bits per heavy atom. The van der Waals surface area contributed by atoms with Gasteiger partial charge in [-0.25, -0.2) is 4.98 Å². The van der Waals surface area contributed by atoms with Crippen molar-refractivity contribution in [2.75, 3.05) is 11.5 Å². The maximum absolute atomic E-state index is 13.4. The Hall–Kier alpha value is -3.68. The first-order valence-electron chi connectivity index (χ1n) is 11.6. The van der Waals surface area contributed by atoms with E-state index in [1.54, 1.807) is 48.5 Å². The summed E-state index contributed by atoms with van der Waals surface area (Å²) in [7, 11) is 0. The van der Waals surface area contributed by atoms with E-state index in [9.17, 15) is 14.7 Å². The highest BCUT2D eigenvalue weighted by atomic mass is 35.5. The third kappa shape index (κ3) is 4.25. The van der Waals surface area contributed by atoms with E-state index in [0.29, 0.717) is 33.6 Å². The highest BCUT2D eigenvalue weighted by molar-refractivity contribution is 7.22. The summed E-state index contributed by atoms with van der Waals surface area (Å²) in [6.07, 6.45) is 0.876. The number of ether oxygens (including phenoxy) is 1. The lowest BCUT2D eigenvalue weighted by molar-refractivity contribution is -0.132. The van der Waals surface area contributed by atoms with Gasteiger partial charge in [-0.05, 0) is 73.0 Å². The number of amides is 1. The van der Waals surface area contributed by atoms with Crippen LogP contribution in [-0.2, 0) is 16.0 Å². The number of Topliss-reactive ketones (excluding diaryl/α,β-unsaturated/α-hetero) is 1. The van der Waals surface area contributed by atoms with E-state index < -0.39 is 17.7 Å². The lowest BCUT2D eigenvalue weighted by Gasteiger charge is -2.23. The summed E-state index contributed by atoms with van der Waals surface area (Å²) >= 11 is 7.46. The van der Waals surface area contributed by atoms with Crippen molar-refractivity contribution in [3.63, 3.8) is 0 Å². The average Bonchev–Trinajstić information content (AvgIpc) is 3.42. The number of hydrogen-bond donors (Lipinski definition) is 1. The Morgan fingerprint density at radius 1 is 1.06 bits per heavy atom. The molecule has 1 unspecified atom stereocenters. The average molecular weight is 519 g/mol. The number of rotatable bonds is 6. The standard InChI is InChI=1S/C28H23ClN2O4S/c1-3-16-5-14-21-22(15-16)36-28(30-21)31-24(17-6-10-19(29)11-7-17)23(26(33)27(31)34)25(32)18-8-12-20(13-9-18)35-4-2/h5-15,24,32H,3-4H2,1-2H3/b25-23+. The van der Waals surface area contributed by atoms with Crippen LogP contribution < -0.4 is 9.64 Å². The molecule has 3 aromatic carbocycles. The van der Waals surface area contributed by atoms with Crippen LogP contribution in [0.15, 0.2) is 72.3 Å². The number of anilines is 1. The molecule has 2 heterocycles. The fraction of sp³-hybridized carbons (Fsp3) is 0.179. The van der Waals surface area contributed by atoms with Gasteiger partial charge in [-0.3, -0.25) is 14.5 Å². The second-order valence-corrected chi connectivity index (χ2v) is 9.78. The molecule has 1 atom stereocenters. The van der Waals surface area contributed by atoms with Gasteiger partial charge >= 0.3 is 5.91 Å². The zero-order chi connectivity index (χ0) is 25.4. The Kier molecular flexibility index (Phi) is 6.51. The van der Waals surface area contributed by atoms with Crippen molar-refractivity contribution in [3.05, 3.63) is 94.0 Å².